The van der Waals surface area contributed by atoms with Crippen LogP contribution in [0.5, 0.6) is 11.5 Å². The Bertz CT molecular complexity index is 663. The molecular weight excluding hydrogens is 333 g/mol. The summed E-state index contributed by atoms with van der Waals surface area (Å²) in [5.41, 5.74) is 2.17. The molecule has 0 radical (unpaired) electrons. The lowest BCUT2D eigenvalue weighted by atomic mass is 10.0. The van der Waals surface area contributed by atoms with Gasteiger partial charge in [0.25, 0.3) is 0 Å². The second kappa shape index (κ2) is 10.8. The smallest absolute Gasteiger partial charge is 0.228 e. The van der Waals surface area contributed by atoms with Crippen molar-refractivity contribution in [2.24, 2.45) is 0 Å². The van der Waals surface area contributed by atoms with Gasteiger partial charge in [0, 0.05) is 6.54 Å². The molecule has 0 aromatic heterocycles. The molecule has 2 aromatic rings. The molecule has 0 amide bonds. The molecule has 4 nitrogen and oxygen atoms in total. The molecule has 0 aliphatic heterocycles. The van der Waals surface area contributed by atoms with Crippen molar-refractivity contribution in [3.8, 4) is 11.5 Å². The fraction of sp³-hybridized carbons (Fsp3) is 0.429. The number of hydrogen-bond acceptors (Lipinski definition) is 4. The van der Waals surface area contributed by atoms with Crippen LogP contribution in [0.15, 0.2) is 48.5 Å². The van der Waals surface area contributed by atoms with Crippen LogP contribution in [-0.4, -0.2) is 50.2 Å². The zero-order chi connectivity index (χ0) is 18.8. The summed E-state index contributed by atoms with van der Waals surface area (Å²) in [6.07, 6.45) is 1.78. The van der Waals surface area contributed by atoms with Gasteiger partial charge in [0.2, 0.25) is 6.86 Å². The summed E-state index contributed by atoms with van der Waals surface area (Å²) in [6.45, 7) is 0.282. The second-order valence-electron chi connectivity index (χ2n) is 6.57. The standard InChI is InChI=1S/C21H28FNO3/c1-23(2)13-12-19(24)15-25-21-9-4-3-7-18(21)11-10-17-6-5-8-20(14-17)26-16-22/h3-9,14,19,24H,10-13,15-16H2,1-2H3/t19-/m0/s1. The lowest BCUT2D eigenvalue weighted by molar-refractivity contribution is 0.0925. The Balaban J connectivity index is 1.91. The molecule has 0 spiro atoms. The van der Waals surface area contributed by atoms with Gasteiger partial charge in [0.05, 0.1) is 6.10 Å². The highest BCUT2D eigenvalue weighted by atomic mass is 19.1. The van der Waals surface area contributed by atoms with Gasteiger partial charge >= 0.3 is 0 Å². The topological polar surface area (TPSA) is 41.9 Å². The van der Waals surface area contributed by atoms with E-state index in [9.17, 15) is 9.50 Å². The molecule has 0 saturated carbocycles. The number of para-hydroxylation sites is 1. The SMILES string of the molecule is CN(C)CC[C@H](O)COc1ccccc1CCc1cccc(OCF)c1. The van der Waals surface area contributed by atoms with Crippen molar-refractivity contribution < 1.29 is 19.0 Å². The van der Waals surface area contributed by atoms with Crippen LogP contribution in [0.4, 0.5) is 4.39 Å². The van der Waals surface area contributed by atoms with Gasteiger partial charge in [-0.15, -0.1) is 0 Å². The van der Waals surface area contributed by atoms with Crippen LogP contribution in [0.25, 0.3) is 0 Å². The van der Waals surface area contributed by atoms with Gasteiger partial charge in [-0.3, -0.25) is 0 Å². The Morgan fingerprint density at radius 2 is 1.85 bits per heavy atom. The van der Waals surface area contributed by atoms with E-state index in [1.54, 1.807) is 6.07 Å². The summed E-state index contributed by atoms with van der Waals surface area (Å²) in [6, 6.07) is 15.3. The number of aliphatic hydroxyl groups excluding tert-OH is 1. The van der Waals surface area contributed by atoms with E-state index in [0.717, 1.165) is 36.3 Å². The molecule has 0 heterocycles. The highest BCUT2D eigenvalue weighted by molar-refractivity contribution is 5.35. The van der Waals surface area contributed by atoms with Crippen LogP contribution in [0.1, 0.15) is 17.5 Å². The van der Waals surface area contributed by atoms with Gasteiger partial charge in [-0.25, -0.2) is 4.39 Å². The molecule has 0 bridgehead atoms. The first-order chi connectivity index (χ1) is 12.6. The number of ether oxygens (including phenoxy) is 2. The van der Waals surface area contributed by atoms with Crippen LogP contribution in [0.2, 0.25) is 0 Å². The molecular formula is C21H28FNO3. The normalized spacial score (nSPS) is 12.2. The van der Waals surface area contributed by atoms with E-state index < -0.39 is 13.0 Å². The number of hydrogen-bond donors (Lipinski definition) is 1. The first-order valence-electron chi connectivity index (χ1n) is 8.89. The number of aryl methyl sites for hydroxylation is 2. The zero-order valence-electron chi connectivity index (χ0n) is 15.5. The maximum atomic E-state index is 12.3. The molecule has 142 valence electrons. The summed E-state index contributed by atoms with van der Waals surface area (Å²) in [7, 11) is 3.97. The number of benzene rings is 2. The fourth-order valence-corrected chi connectivity index (χ4v) is 2.66. The number of rotatable bonds is 11. The van der Waals surface area contributed by atoms with Crippen LogP contribution in [0, 0.1) is 0 Å². The Morgan fingerprint density at radius 3 is 2.62 bits per heavy atom. The average Bonchev–Trinajstić information content (AvgIpc) is 2.64. The summed E-state index contributed by atoms with van der Waals surface area (Å²) < 4.78 is 23.0. The van der Waals surface area contributed by atoms with Crippen LogP contribution in [-0.2, 0) is 12.8 Å². The number of aliphatic hydroxyl groups is 1. The molecule has 0 aliphatic rings. The predicted octanol–water partition coefficient (Wildman–Crippen LogP) is 3.47. The van der Waals surface area contributed by atoms with E-state index >= 15 is 0 Å². The largest absolute Gasteiger partial charge is 0.491 e. The lowest BCUT2D eigenvalue weighted by Crippen LogP contribution is -2.24. The monoisotopic (exact) mass is 361 g/mol. The van der Waals surface area contributed by atoms with Crippen molar-refractivity contribution in [3.05, 3.63) is 59.7 Å². The Labute approximate surface area is 155 Å². The average molecular weight is 361 g/mol. The van der Waals surface area contributed by atoms with Gasteiger partial charge < -0.3 is 19.5 Å². The minimum absolute atomic E-state index is 0.282. The van der Waals surface area contributed by atoms with E-state index in [1.165, 1.54) is 0 Å². The maximum Gasteiger partial charge on any atom is 0.228 e. The highest BCUT2D eigenvalue weighted by Crippen LogP contribution is 2.22. The van der Waals surface area contributed by atoms with Gasteiger partial charge in [-0.1, -0.05) is 30.3 Å². The molecule has 1 N–H and O–H groups in total. The van der Waals surface area contributed by atoms with E-state index in [0.29, 0.717) is 12.2 Å². The Kier molecular flexibility index (Phi) is 8.38. The third kappa shape index (κ3) is 7.02. The molecule has 0 fully saturated rings. The van der Waals surface area contributed by atoms with E-state index in [-0.39, 0.29) is 6.61 Å². The van der Waals surface area contributed by atoms with Crippen molar-refractivity contribution in [1.29, 1.82) is 0 Å². The second-order valence-corrected chi connectivity index (χ2v) is 6.57. The molecule has 1 atom stereocenters. The third-order valence-electron chi connectivity index (χ3n) is 4.12. The highest BCUT2D eigenvalue weighted by Gasteiger charge is 2.09. The van der Waals surface area contributed by atoms with Crippen LogP contribution < -0.4 is 9.47 Å². The molecule has 2 aromatic carbocycles. The zero-order valence-corrected chi connectivity index (χ0v) is 15.5. The maximum absolute atomic E-state index is 12.3. The van der Waals surface area contributed by atoms with Crippen LogP contribution in [0.3, 0.4) is 0 Å². The summed E-state index contributed by atoms with van der Waals surface area (Å²) >= 11 is 0. The summed E-state index contributed by atoms with van der Waals surface area (Å²) in [5, 5.41) is 10.0. The van der Waals surface area contributed by atoms with Crippen molar-refractivity contribution >= 4 is 0 Å². The number of nitrogens with zero attached hydrogens (tertiary/aromatic N) is 1. The van der Waals surface area contributed by atoms with E-state index in [4.69, 9.17) is 9.47 Å². The van der Waals surface area contributed by atoms with Crippen molar-refractivity contribution in [2.75, 3.05) is 34.1 Å². The van der Waals surface area contributed by atoms with Crippen molar-refractivity contribution in [3.63, 3.8) is 0 Å². The minimum atomic E-state index is -0.823. The molecule has 26 heavy (non-hydrogen) atoms. The van der Waals surface area contributed by atoms with Gasteiger partial charge in [-0.2, -0.15) is 0 Å². The number of alkyl halides is 1. The predicted molar refractivity (Wildman–Crippen MR) is 102 cm³/mol. The minimum Gasteiger partial charge on any atom is -0.491 e. The van der Waals surface area contributed by atoms with Crippen molar-refractivity contribution in [1.82, 2.24) is 4.90 Å². The van der Waals surface area contributed by atoms with E-state index in [1.807, 2.05) is 61.5 Å². The Morgan fingerprint density at radius 1 is 1.04 bits per heavy atom. The van der Waals surface area contributed by atoms with Gasteiger partial charge in [0.15, 0.2) is 0 Å². The quantitative estimate of drug-likeness (QED) is 0.665. The molecule has 0 aliphatic carbocycles. The molecule has 0 saturated heterocycles. The van der Waals surface area contributed by atoms with Crippen molar-refractivity contribution in [2.45, 2.75) is 25.4 Å². The Hall–Kier alpha value is -2.11. The molecule has 0 unspecified atom stereocenters. The third-order valence-corrected chi connectivity index (χ3v) is 4.12. The van der Waals surface area contributed by atoms with Gasteiger partial charge in [-0.05, 0) is 62.7 Å². The fourth-order valence-electron chi connectivity index (χ4n) is 2.66. The summed E-state index contributed by atoms with van der Waals surface area (Å²) in [5.74, 6) is 1.34. The van der Waals surface area contributed by atoms with E-state index in [2.05, 4.69) is 0 Å². The number of halogens is 1. The van der Waals surface area contributed by atoms with Crippen LogP contribution >= 0.6 is 0 Å². The first kappa shape index (κ1) is 20.2. The lowest BCUT2D eigenvalue weighted by Gasteiger charge is -2.17. The molecule has 2 rings (SSSR count). The van der Waals surface area contributed by atoms with Gasteiger partial charge in [0.1, 0.15) is 18.1 Å². The first-order valence-corrected chi connectivity index (χ1v) is 8.89. The molecule has 5 heteroatoms. The summed E-state index contributed by atoms with van der Waals surface area (Å²) in [4.78, 5) is 2.04.